The monoisotopic (exact) mass is 1570 g/mol. The van der Waals surface area contributed by atoms with Crippen LogP contribution in [0.25, 0.3) is 44.5 Å². The number of nitro groups is 1. The lowest BCUT2D eigenvalue weighted by Crippen LogP contribution is -2.35. The highest BCUT2D eigenvalue weighted by Crippen LogP contribution is 2.58. The van der Waals surface area contributed by atoms with E-state index < -0.39 is 46.3 Å². The molecule has 15 heteroatoms. The number of methoxy groups -OCH3 is 2. The molecule has 0 aliphatic heterocycles. The molecule has 0 saturated carbocycles. The van der Waals surface area contributed by atoms with Crippen LogP contribution >= 0.6 is 0 Å². The van der Waals surface area contributed by atoms with Gasteiger partial charge in [-0.2, -0.15) is 10.2 Å². The maximum absolute atomic E-state index is 14.9. The van der Waals surface area contributed by atoms with Crippen molar-refractivity contribution in [3.63, 3.8) is 0 Å². The first-order chi connectivity index (χ1) is 56.9. The van der Waals surface area contributed by atoms with Gasteiger partial charge in [0.25, 0.3) is 5.69 Å². The molecule has 0 N–H and O–H groups in total. The standard InChI is InChI=1S/C104H93N5O10/c1-101(2,3)73-33-15-64(16-34-73)68-25-45-79(46-26-68)107(80-47-27-69(28-48-80)65-17-35-74(36-18-65)102(4,5)6)83-53-43-78(44-54-83)106-105-77-41-23-72(24-42-77)97(110)118-85-56-58-87-89(62-85)93-88-59-57-86(63-90(88)94(87)96(100(113)117-14)95(93)99(112)116-13)119-98(111)91-61-84(55-60-92(91)109(114)115)108(81-49-29-70(30-50-81)66-19-37-75(38-20-66)103(7,8)9)82-51-31-71(32-52-82)67-21-39-76(40-22-67)104(10,11)12/h15-63,93-94H,1-14H3. The van der Waals surface area contributed by atoms with Crippen LogP contribution in [-0.4, -0.2) is 43.0 Å². The van der Waals surface area contributed by atoms with Crippen LogP contribution in [0.15, 0.2) is 319 Å². The Morgan fingerprint density at radius 1 is 0.311 bits per heavy atom. The molecule has 15 nitrogen and oxygen atoms in total. The predicted molar refractivity (Wildman–Crippen MR) is 474 cm³/mol. The molecule has 3 aliphatic carbocycles. The van der Waals surface area contributed by atoms with Gasteiger partial charge >= 0.3 is 23.9 Å². The van der Waals surface area contributed by atoms with E-state index in [2.05, 4.69) is 244 Å². The summed E-state index contributed by atoms with van der Waals surface area (Å²) < 4.78 is 23.0. The molecule has 0 radical (unpaired) electrons. The molecule has 0 amide bonds. The molecule has 13 aromatic rings. The topological polar surface area (TPSA) is 180 Å². The molecule has 16 rings (SSSR count). The van der Waals surface area contributed by atoms with Crippen molar-refractivity contribution in [2.45, 2.75) is 117 Å². The van der Waals surface area contributed by atoms with E-state index in [0.717, 1.165) is 61.6 Å². The third-order valence-electron chi connectivity index (χ3n) is 22.4. The average Bonchev–Trinajstić information content (AvgIpc) is 0.696. The Kier molecular flexibility index (Phi) is 21.8. The van der Waals surface area contributed by atoms with Crippen LogP contribution in [0.4, 0.5) is 51.2 Å². The maximum Gasteiger partial charge on any atom is 0.350 e. The minimum atomic E-state index is -1.02. The Bertz CT molecular complexity index is 5890. The third-order valence-corrected chi connectivity index (χ3v) is 22.4. The van der Waals surface area contributed by atoms with Crippen LogP contribution in [0.1, 0.15) is 160 Å². The van der Waals surface area contributed by atoms with Crippen molar-refractivity contribution < 1.29 is 43.0 Å². The van der Waals surface area contributed by atoms with Crippen LogP contribution in [0.5, 0.6) is 11.5 Å². The van der Waals surface area contributed by atoms with E-state index in [1.165, 1.54) is 54.7 Å². The Balaban J connectivity index is 0.668. The van der Waals surface area contributed by atoms with Crippen LogP contribution < -0.4 is 19.3 Å². The molecule has 2 unspecified atom stereocenters. The van der Waals surface area contributed by atoms with Crippen molar-refractivity contribution in [2.24, 2.45) is 10.2 Å². The molecular formula is C104H93N5O10. The summed E-state index contributed by atoms with van der Waals surface area (Å²) in [6.45, 7) is 26.4. The number of nitrogens with zero attached hydrogens (tertiary/aromatic N) is 5. The number of benzene rings is 13. The summed E-state index contributed by atoms with van der Waals surface area (Å²) in [6, 6.07) is 96.4. The van der Waals surface area contributed by atoms with Crippen molar-refractivity contribution in [1.29, 1.82) is 0 Å². The van der Waals surface area contributed by atoms with Gasteiger partial charge in [-0.15, -0.1) is 0 Å². The van der Waals surface area contributed by atoms with E-state index in [9.17, 15) is 29.3 Å². The number of hydrogen-bond acceptors (Lipinski definition) is 14. The quantitative estimate of drug-likeness (QED) is 0.0246. The molecule has 13 aromatic carbocycles. The largest absolute Gasteiger partial charge is 0.466 e. The normalized spacial score (nSPS) is 13.8. The van der Waals surface area contributed by atoms with Gasteiger partial charge in [-0.25, -0.2) is 19.2 Å². The van der Waals surface area contributed by atoms with E-state index in [-0.39, 0.29) is 55.4 Å². The Morgan fingerprint density at radius 3 is 0.874 bits per heavy atom. The molecular weight excluding hydrogens is 1480 g/mol. The highest BCUT2D eigenvalue weighted by atomic mass is 16.6. The van der Waals surface area contributed by atoms with Crippen LogP contribution in [0, 0.1) is 10.1 Å². The number of nitro benzene ring substituents is 1. The fourth-order valence-electron chi connectivity index (χ4n) is 15.7. The average molecular weight is 1570 g/mol. The number of ether oxygens (including phenoxy) is 4. The van der Waals surface area contributed by atoms with Gasteiger partial charge in [0.15, 0.2) is 0 Å². The first-order valence-electron chi connectivity index (χ1n) is 39.8. The molecule has 0 fully saturated rings. The molecule has 594 valence electrons. The van der Waals surface area contributed by atoms with E-state index in [1.807, 2.05) is 77.7 Å². The van der Waals surface area contributed by atoms with E-state index in [4.69, 9.17) is 18.9 Å². The smallest absolute Gasteiger partial charge is 0.350 e. The second kappa shape index (κ2) is 32.3. The van der Waals surface area contributed by atoms with Gasteiger partial charge in [-0.1, -0.05) is 241 Å². The number of esters is 4. The van der Waals surface area contributed by atoms with Crippen molar-refractivity contribution in [3.8, 4) is 56.0 Å². The molecule has 3 aliphatic rings. The summed E-state index contributed by atoms with van der Waals surface area (Å²) >= 11 is 0. The second-order valence-corrected chi connectivity index (χ2v) is 34.4. The van der Waals surface area contributed by atoms with Gasteiger partial charge < -0.3 is 28.7 Å². The summed E-state index contributed by atoms with van der Waals surface area (Å²) in [5, 5.41) is 22.1. The zero-order chi connectivity index (χ0) is 84.0. The van der Waals surface area contributed by atoms with Crippen molar-refractivity contribution in [3.05, 3.63) is 374 Å². The summed E-state index contributed by atoms with van der Waals surface area (Å²) in [6.07, 6.45) is 0. The van der Waals surface area contributed by atoms with Gasteiger partial charge in [0.05, 0.1) is 47.2 Å². The van der Waals surface area contributed by atoms with Crippen molar-refractivity contribution in [2.75, 3.05) is 24.0 Å². The minimum absolute atomic E-state index is 0.00314. The van der Waals surface area contributed by atoms with Gasteiger partial charge in [0.1, 0.15) is 17.1 Å². The fraction of sp³-hybridized carbons (Fsp3) is 0.192. The Labute approximate surface area is 695 Å². The lowest BCUT2D eigenvalue weighted by Gasteiger charge is -2.41. The molecule has 0 heterocycles. The Morgan fingerprint density at radius 2 is 0.580 bits per heavy atom. The first-order valence-corrected chi connectivity index (χ1v) is 39.8. The number of carbonyl (C=O) groups is 4. The fourth-order valence-corrected chi connectivity index (χ4v) is 15.7. The summed E-state index contributed by atoms with van der Waals surface area (Å²) in [7, 11) is 2.43. The number of hydrogen-bond donors (Lipinski definition) is 0. The molecule has 119 heavy (non-hydrogen) atoms. The highest BCUT2D eigenvalue weighted by Gasteiger charge is 2.49. The van der Waals surface area contributed by atoms with Crippen LogP contribution in [0.3, 0.4) is 0 Å². The minimum Gasteiger partial charge on any atom is -0.466 e. The molecule has 0 aromatic heterocycles. The zero-order valence-corrected chi connectivity index (χ0v) is 69.3. The lowest BCUT2D eigenvalue weighted by atomic mass is 9.61. The van der Waals surface area contributed by atoms with Gasteiger partial charge in [-0.3, -0.25) is 10.1 Å². The number of carbonyl (C=O) groups excluding carboxylic acids is 4. The number of anilines is 6. The lowest BCUT2D eigenvalue weighted by molar-refractivity contribution is -0.385. The summed E-state index contributed by atoms with van der Waals surface area (Å²) in [5.41, 5.74) is 21.1. The predicted octanol–water partition coefficient (Wildman–Crippen LogP) is 26.5. The number of azo groups is 1. The van der Waals surface area contributed by atoms with Gasteiger partial charge in [0.2, 0.25) is 0 Å². The summed E-state index contributed by atoms with van der Waals surface area (Å²) in [5.74, 6) is -5.08. The van der Waals surface area contributed by atoms with Crippen molar-refractivity contribution >= 4 is 75.1 Å². The SMILES string of the molecule is COC(=O)C1=C(C(=O)OC)C2c3ccc(OC(=O)c4ccc(N=Nc5ccc(N(c6ccc(-c7ccc(C(C)(C)C)cc7)cc6)c6ccc(-c7ccc(C(C)(C)C)cc7)cc6)cc5)cc4)cc3C1c1ccc(OC(=O)c3cc(N(c4ccc(-c5ccc(C(C)(C)C)cc5)cc4)c4ccc(-c5ccc(C(C)(C)C)cc5)cc4)ccc3[N+](=O)[O-])cc12. The van der Waals surface area contributed by atoms with E-state index in [0.29, 0.717) is 50.7 Å². The van der Waals surface area contributed by atoms with Gasteiger partial charge in [0, 0.05) is 52.0 Å². The van der Waals surface area contributed by atoms with Crippen LogP contribution in [0.2, 0.25) is 0 Å². The molecule has 0 saturated heterocycles. The van der Waals surface area contributed by atoms with Crippen molar-refractivity contribution in [1.82, 2.24) is 0 Å². The Hall–Kier alpha value is -13.9. The van der Waals surface area contributed by atoms with E-state index >= 15 is 0 Å². The molecule has 2 bridgehead atoms. The zero-order valence-electron chi connectivity index (χ0n) is 69.3. The van der Waals surface area contributed by atoms with E-state index in [1.54, 1.807) is 60.7 Å². The van der Waals surface area contributed by atoms with Crippen LogP contribution in [-0.2, 0) is 40.7 Å². The molecule has 0 spiro atoms. The second-order valence-electron chi connectivity index (χ2n) is 34.4. The highest BCUT2D eigenvalue weighted by molar-refractivity contribution is 6.06. The molecule has 2 atom stereocenters. The number of rotatable bonds is 19. The third kappa shape index (κ3) is 16.8. The van der Waals surface area contributed by atoms with Gasteiger partial charge in [-0.05, 0) is 244 Å². The summed E-state index contributed by atoms with van der Waals surface area (Å²) in [4.78, 5) is 73.7. The maximum atomic E-state index is 14.9. The first kappa shape index (κ1) is 80.3.